The van der Waals surface area contributed by atoms with Crippen molar-refractivity contribution in [2.75, 3.05) is 0 Å². The molecule has 4 heteroatoms. The van der Waals surface area contributed by atoms with E-state index in [1.54, 1.807) is 39.0 Å². The number of hydrogen-bond acceptors (Lipinski definition) is 2. The van der Waals surface area contributed by atoms with Crippen LogP contribution in [-0.4, -0.2) is 22.4 Å². The number of rotatable bonds is 1. The van der Waals surface area contributed by atoms with E-state index in [1.807, 2.05) is 18.9 Å². The van der Waals surface area contributed by atoms with E-state index < -0.39 is 11.4 Å². The predicted octanol–water partition coefficient (Wildman–Crippen LogP) is 1.90. The standard InChI is InChI=1S/C15H18N2O2/c1-6-13(18)17(15(3,4)5)16-14(19)12-9-7-8-11(2)10-12/h1,7-10H,2-5H3,(H,16,19). The summed E-state index contributed by atoms with van der Waals surface area (Å²) in [6.45, 7) is 7.27. The average molecular weight is 258 g/mol. The van der Waals surface area contributed by atoms with E-state index in [4.69, 9.17) is 6.42 Å². The maximum absolute atomic E-state index is 12.1. The normalized spacial score (nSPS) is 10.5. The van der Waals surface area contributed by atoms with Gasteiger partial charge in [0.2, 0.25) is 0 Å². The molecule has 0 bridgehead atoms. The molecule has 0 fully saturated rings. The second-order valence-electron chi connectivity index (χ2n) is 5.27. The molecule has 2 amide bonds. The van der Waals surface area contributed by atoms with Crippen molar-refractivity contribution >= 4 is 11.8 Å². The maximum atomic E-state index is 12.1. The van der Waals surface area contributed by atoms with E-state index in [0.717, 1.165) is 10.6 Å². The summed E-state index contributed by atoms with van der Waals surface area (Å²) in [5.41, 5.74) is 3.42. The summed E-state index contributed by atoms with van der Waals surface area (Å²) in [7, 11) is 0. The molecule has 0 aliphatic rings. The number of hydrazine groups is 1. The number of nitrogens with zero attached hydrogens (tertiary/aromatic N) is 1. The van der Waals surface area contributed by atoms with Crippen LogP contribution in [0.25, 0.3) is 0 Å². The topological polar surface area (TPSA) is 49.4 Å². The van der Waals surface area contributed by atoms with Crippen molar-refractivity contribution in [1.82, 2.24) is 10.4 Å². The summed E-state index contributed by atoms with van der Waals surface area (Å²) in [5.74, 6) is 1.08. The fourth-order valence-corrected chi connectivity index (χ4v) is 1.54. The smallest absolute Gasteiger partial charge is 0.267 e. The Hall–Kier alpha value is -2.28. The zero-order valence-electron chi connectivity index (χ0n) is 11.7. The molecule has 0 atom stereocenters. The molecule has 0 saturated heterocycles. The van der Waals surface area contributed by atoms with Crippen molar-refractivity contribution in [2.24, 2.45) is 0 Å². The third-order valence-electron chi connectivity index (χ3n) is 2.49. The van der Waals surface area contributed by atoms with Gasteiger partial charge < -0.3 is 0 Å². The van der Waals surface area contributed by atoms with Crippen LogP contribution in [0, 0.1) is 19.3 Å². The molecular formula is C15H18N2O2. The van der Waals surface area contributed by atoms with E-state index >= 15 is 0 Å². The summed E-state index contributed by atoms with van der Waals surface area (Å²) in [4.78, 5) is 23.8. The van der Waals surface area contributed by atoms with Crippen molar-refractivity contribution in [1.29, 1.82) is 0 Å². The molecule has 1 aromatic carbocycles. The van der Waals surface area contributed by atoms with Crippen LogP contribution in [-0.2, 0) is 4.79 Å². The fraction of sp³-hybridized carbons (Fsp3) is 0.333. The highest BCUT2D eigenvalue weighted by Gasteiger charge is 2.27. The van der Waals surface area contributed by atoms with Crippen LogP contribution in [0.2, 0.25) is 0 Å². The molecule has 0 radical (unpaired) electrons. The Balaban J connectivity index is 2.96. The van der Waals surface area contributed by atoms with Crippen molar-refractivity contribution in [2.45, 2.75) is 33.2 Å². The van der Waals surface area contributed by atoms with Crippen LogP contribution < -0.4 is 5.43 Å². The molecule has 0 unspecified atom stereocenters. The molecule has 0 aliphatic carbocycles. The molecule has 0 saturated carbocycles. The minimum Gasteiger partial charge on any atom is -0.267 e. The molecule has 0 aliphatic heterocycles. The number of terminal acetylenes is 1. The Kier molecular flexibility index (Phi) is 4.34. The molecule has 0 heterocycles. The van der Waals surface area contributed by atoms with E-state index in [-0.39, 0.29) is 5.91 Å². The van der Waals surface area contributed by atoms with Gasteiger partial charge in [0.15, 0.2) is 0 Å². The van der Waals surface area contributed by atoms with Gasteiger partial charge in [-0.2, -0.15) is 0 Å². The Labute approximate surface area is 113 Å². The van der Waals surface area contributed by atoms with Crippen molar-refractivity contribution < 1.29 is 9.59 Å². The molecule has 4 nitrogen and oxygen atoms in total. The Morgan fingerprint density at radius 2 is 1.95 bits per heavy atom. The van der Waals surface area contributed by atoms with Gasteiger partial charge in [0.25, 0.3) is 5.91 Å². The third kappa shape index (κ3) is 3.85. The van der Waals surface area contributed by atoms with Crippen LogP contribution in [0.4, 0.5) is 0 Å². The van der Waals surface area contributed by atoms with Gasteiger partial charge in [-0.3, -0.25) is 15.0 Å². The summed E-state index contributed by atoms with van der Waals surface area (Å²) < 4.78 is 0. The highest BCUT2D eigenvalue weighted by atomic mass is 16.2. The number of hydrogen-bond donors (Lipinski definition) is 1. The highest BCUT2D eigenvalue weighted by molar-refractivity contribution is 5.98. The minimum atomic E-state index is -0.594. The van der Waals surface area contributed by atoms with Gasteiger partial charge in [-0.1, -0.05) is 17.7 Å². The summed E-state index contributed by atoms with van der Waals surface area (Å²) >= 11 is 0. The Bertz CT molecular complexity index is 536. The van der Waals surface area contributed by atoms with Crippen molar-refractivity contribution in [3.05, 3.63) is 35.4 Å². The van der Waals surface area contributed by atoms with Crippen LogP contribution in [0.1, 0.15) is 36.7 Å². The van der Waals surface area contributed by atoms with E-state index in [2.05, 4.69) is 5.43 Å². The lowest BCUT2D eigenvalue weighted by molar-refractivity contribution is -0.132. The van der Waals surface area contributed by atoms with E-state index in [9.17, 15) is 9.59 Å². The first-order chi connectivity index (χ1) is 8.75. The van der Waals surface area contributed by atoms with Gasteiger partial charge in [-0.05, 0) is 45.7 Å². The minimum absolute atomic E-state index is 0.359. The highest BCUT2D eigenvalue weighted by Crippen LogP contribution is 2.12. The molecule has 0 spiro atoms. The van der Waals surface area contributed by atoms with Gasteiger partial charge >= 0.3 is 5.91 Å². The van der Waals surface area contributed by atoms with Gasteiger partial charge in [-0.25, -0.2) is 5.01 Å². The maximum Gasteiger partial charge on any atom is 0.317 e. The second kappa shape index (κ2) is 5.57. The van der Waals surface area contributed by atoms with Crippen LogP contribution in [0.5, 0.6) is 0 Å². The second-order valence-corrected chi connectivity index (χ2v) is 5.27. The first kappa shape index (κ1) is 14.8. The SMILES string of the molecule is C#CC(=O)N(NC(=O)c1cccc(C)c1)C(C)(C)C. The quantitative estimate of drug-likeness (QED) is 0.618. The molecule has 19 heavy (non-hydrogen) atoms. The zero-order valence-corrected chi connectivity index (χ0v) is 11.7. The number of benzene rings is 1. The Morgan fingerprint density at radius 1 is 1.32 bits per heavy atom. The predicted molar refractivity (Wildman–Crippen MR) is 74.1 cm³/mol. The monoisotopic (exact) mass is 258 g/mol. The first-order valence-electron chi connectivity index (χ1n) is 5.94. The lowest BCUT2D eigenvalue weighted by Gasteiger charge is -2.33. The van der Waals surface area contributed by atoms with Crippen LogP contribution in [0.15, 0.2) is 24.3 Å². The average Bonchev–Trinajstić information content (AvgIpc) is 2.33. The molecule has 100 valence electrons. The van der Waals surface area contributed by atoms with Gasteiger partial charge in [-0.15, -0.1) is 6.42 Å². The summed E-state index contributed by atoms with van der Waals surface area (Å²) in [5, 5.41) is 1.16. The number of amides is 2. The van der Waals surface area contributed by atoms with Crippen molar-refractivity contribution in [3.8, 4) is 12.3 Å². The zero-order chi connectivity index (χ0) is 14.6. The molecule has 1 rings (SSSR count). The van der Waals surface area contributed by atoms with Crippen molar-refractivity contribution in [3.63, 3.8) is 0 Å². The largest absolute Gasteiger partial charge is 0.317 e. The molecule has 1 aromatic rings. The van der Waals surface area contributed by atoms with Gasteiger partial charge in [0.05, 0.1) is 5.54 Å². The number of aryl methyl sites for hydroxylation is 1. The van der Waals surface area contributed by atoms with Crippen LogP contribution in [0.3, 0.4) is 0 Å². The van der Waals surface area contributed by atoms with E-state index in [0.29, 0.717) is 5.56 Å². The van der Waals surface area contributed by atoms with Gasteiger partial charge in [0.1, 0.15) is 0 Å². The number of carbonyl (C=O) groups excluding carboxylic acids is 2. The first-order valence-corrected chi connectivity index (χ1v) is 5.94. The summed E-state index contributed by atoms with van der Waals surface area (Å²) in [6.07, 6.45) is 5.12. The number of nitrogens with one attached hydrogen (secondary N) is 1. The Morgan fingerprint density at radius 3 is 2.42 bits per heavy atom. The van der Waals surface area contributed by atoms with Crippen LogP contribution >= 0.6 is 0 Å². The summed E-state index contributed by atoms with van der Waals surface area (Å²) in [6, 6.07) is 7.11. The fourth-order valence-electron chi connectivity index (χ4n) is 1.54. The molecular weight excluding hydrogens is 240 g/mol. The van der Waals surface area contributed by atoms with E-state index in [1.165, 1.54) is 0 Å². The number of carbonyl (C=O) groups is 2. The van der Waals surface area contributed by atoms with Gasteiger partial charge in [0, 0.05) is 5.56 Å². The lowest BCUT2D eigenvalue weighted by atomic mass is 10.1. The third-order valence-corrected chi connectivity index (χ3v) is 2.49. The molecule has 1 N–H and O–H groups in total. The lowest BCUT2D eigenvalue weighted by Crippen LogP contribution is -2.55. The molecule has 0 aromatic heterocycles.